The quantitative estimate of drug-likeness (QED) is 0.476. The molecule has 2 N–H and O–H groups in total. The molecule has 0 amide bonds. The second kappa shape index (κ2) is 9.99. The molecule has 9 heteroatoms. The highest BCUT2D eigenvalue weighted by Gasteiger charge is 2.49. The van der Waals surface area contributed by atoms with Gasteiger partial charge in [-0.05, 0) is 82.0 Å². The number of halogens is 2. The Morgan fingerprint density at radius 1 is 1.19 bits per heavy atom. The zero-order chi connectivity index (χ0) is 25.6. The van der Waals surface area contributed by atoms with Gasteiger partial charge in [-0.3, -0.25) is 4.79 Å². The van der Waals surface area contributed by atoms with Crippen molar-refractivity contribution >= 4 is 40.9 Å². The lowest BCUT2D eigenvalue weighted by molar-refractivity contribution is -0.158. The zero-order valence-corrected chi connectivity index (χ0v) is 22.7. The van der Waals surface area contributed by atoms with Crippen LogP contribution in [-0.2, 0) is 4.79 Å². The number of hydrogen-bond acceptors (Lipinski definition) is 6. The van der Waals surface area contributed by atoms with Crippen LogP contribution >= 0.6 is 23.2 Å². The van der Waals surface area contributed by atoms with E-state index in [9.17, 15) is 9.90 Å². The maximum atomic E-state index is 11.5. The van der Waals surface area contributed by atoms with Gasteiger partial charge in [0.2, 0.25) is 5.95 Å². The SMILES string of the molecule is Cc1ccc([C@@H](C)Nc2nc(N3CC([C@H]4CCCN([C@H]5C[C@](C)(C(=O)O)C5)C4)C3)ncc2Cl)c(Cl)c1. The van der Waals surface area contributed by atoms with Gasteiger partial charge in [0.15, 0.2) is 5.82 Å². The lowest BCUT2D eigenvalue weighted by atomic mass is 9.65. The molecule has 2 aliphatic heterocycles. The van der Waals surface area contributed by atoms with Gasteiger partial charge in [-0.15, -0.1) is 0 Å². The first-order valence-corrected chi connectivity index (χ1v) is 13.7. The van der Waals surface area contributed by atoms with E-state index in [-0.39, 0.29) is 6.04 Å². The summed E-state index contributed by atoms with van der Waals surface area (Å²) in [5.41, 5.74) is 1.59. The van der Waals surface area contributed by atoms with Crippen molar-refractivity contribution in [2.24, 2.45) is 17.3 Å². The highest BCUT2D eigenvalue weighted by atomic mass is 35.5. The Labute approximate surface area is 223 Å². The van der Waals surface area contributed by atoms with Crippen molar-refractivity contribution in [3.05, 3.63) is 45.6 Å². The van der Waals surface area contributed by atoms with E-state index in [1.807, 2.05) is 32.9 Å². The van der Waals surface area contributed by atoms with Gasteiger partial charge in [0.25, 0.3) is 0 Å². The number of rotatable bonds is 7. The minimum Gasteiger partial charge on any atom is -0.481 e. The van der Waals surface area contributed by atoms with Crippen LogP contribution in [0.1, 0.15) is 56.7 Å². The number of carbonyl (C=O) groups is 1. The average molecular weight is 533 g/mol. The molecule has 2 atom stereocenters. The van der Waals surface area contributed by atoms with Crippen molar-refractivity contribution in [1.82, 2.24) is 14.9 Å². The molecule has 3 heterocycles. The summed E-state index contributed by atoms with van der Waals surface area (Å²) in [6.07, 6.45) is 5.63. The van der Waals surface area contributed by atoms with Crippen LogP contribution in [0.15, 0.2) is 24.4 Å². The molecule has 7 nitrogen and oxygen atoms in total. The van der Waals surface area contributed by atoms with Crippen molar-refractivity contribution in [3.8, 4) is 0 Å². The average Bonchev–Trinajstić information content (AvgIpc) is 2.78. The van der Waals surface area contributed by atoms with Crippen molar-refractivity contribution in [1.29, 1.82) is 0 Å². The Hall–Kier alpha value is -2.09. The predicted molar refractivity (Wildman–Crippen MR) is 144 cm³/mol. The topological polar surface area (TPSA) is 81.6 Å². The maximum Gasteiger partial charge on any atom is 0.309 e. The number of anilines is 2. The number of likely N-dealkylation sites (tertiary alicyclic amines) is 1. The third kappa shape index (κ3) is 5.02. The van der Waals surface area contributed by atoms with E-state index in [1.54, 1.807) is 6.20 Å². The fourth-order valence-corrected chi connectivity index (χ4v) is 6.57. The first kappa shape index (κ1) is 25.6. The minimum absolute atomic E-state index is 0.0507. The first-order valence-electron chi connectivity index (χ1n) is 12.9. The molecule has 1 aromatic heterocycles. The molecule has 1 aliphatic carbocycles. The van der Waals surface area contributed by atoms with E-state index in [0.717, 1.165) is 55.2 Å². The standard InChI is InChI=1S/C27H35Cl2N5O2/c1-16-6-7-21(22(28)9-16)17(2)31-24-23(29)12-30-26(32-24)34-14-19(15-34)18-5-4-8-33(13-18)20-10-27(3,11-20)25(35)36/h6-7,9,12,17-20H,4-5,8,10-11,13-15H2,1-3H3,(H,35,36)(H,30,31,32)/t17-,18+,20-,27-/m1/s1. The van der Waals surface area contributed by atoms with Gasteiger partial charge in [-0.1, -0.05) is 35.3 Å². The van der Waals surface area contributed by atoms with Crippen LogP contribution in [-0.4, -0.2) is 58.2 Å². The molecule has 3 fully saturated rings. The number of piperidine rings is 1. The molecule has 36 heavy (non-hydrogen) atoms. The summed E-state index contributed by atoms with van der Waals surface area (Å²) in [4.78, 5) is 25.5. The van der Waals surface area contributed by atoms with Gasteiger partial charge >= 0.3 is 5.97 Å². The largest absolute Gasteiger partial charge is 0.481 e. The maximum absolute atomic E-state index is 11.5. The summed E-state index contributed by atoms with van der Waals surface area (Å²) in [6, 6.07) is 6.41. The van der Waals surface area contributed by atoms with Crippen molar-refractivity contribution in [3.63, 3.8) is 0 Å². The second-order valence-corrected chi connectivity index (χ2v) is 12.1. The molecule has 0 bridgehead atoms. The Balaban J connectivity index is 1.17. The fraction of sp³-hybridized carbons (Fsp3) is 0.593. The van der Waals surface area contributed by atoms with Crippen LogP contribution in [0.25, 0.3) is 0 Å². The van der Waals surface area contributed by atoms with Crippen LogP contribution in [0, 0.1) is 24.2 Å². The summed E-state index contributed by atoms with van der Waals surface area (Å²) in [6.45, 7) is 9.99. The number of aliphatic carboxylic acids is 1. The van der Waals surface area contributed by atoms with Gasteiger partial charge in [-0.25, -0.2) is 4.98 Å². The van der Waals surface area contributed by atoms with E-state index in [1.165, 1.54) is 12.8 Å². The summed E-state index contributed by atoms with van der Waals surface area (Å²) >= 11 is 12.9. The summed E-state index contributed by atoms with van der Waals surface area (Å²) in [5, 5.41) is 14.1. The molecule has 0 spiro atoms. The molecule has 2 saturated heterocycles. The minimum atomic E-state index is -0.657. The molecule has 194 valence electrons. The van der Waals surface area contributed by atoms with E-state index < -0.39 is 11.4 Å². The predicted octanol–water partition coefficient (Wildman–Crippen LogP) is 5.67. The molecule has 3 aliphatic rings. The summed E-state index contributed by atoms with van der Waals surface area (Å²) < 4.78 is 0. The molecule has 1 saturated carbocycles. The van der Waals surface area contributed by atoms with Crippen molar-refractivity contribution in [2.45, 2.75) is 58.5 Å². The lowest BCUT2D eigenvalue weighted by Crippen LogP contribution is -2.58. The van der Waals surface area contributed by atoms with Crippen LogP contribution in [0.4, 0.5) is 11.8 Å². The number of carboxylic acid groups (broad SMARTS) is 1. The van der Waals surface area contributed by atoms with Gasteiger partial charge in [0.05, 0.1) is 17.7 Å². The molecule has 5 rings (SSSR count). The third-order valence-electron chi connectivity index (χ3n) is 8.46. The number of aryl methyl sites for hydroxylation is 1. The number of nitrogens with zero attached hydrogens (tertiary/aromatic N) is 4. The molecule has 0 unspecified atom stereocenters. The Kier molecular flexibility index (Phi) is 7.09. The van der Waals surface area contributed by atoms with Crippen LogP contribution in [0.2, 0.25) is 10.0 Å². The third-order valence-corrected chi connectivity index (χ3v) is 9.06. The molecule has 0 radical (unpaired) electrons. The van der Waals surface area contributed by atoms with Gasteiger partial charge in [-0.2, -0.15) is 4.98 Å². The van der Waals surface area contributed by atoms with E-state index in [2.05, 4.69) is 26.2 Å². The normalized spacial score (nSPS) is 27.8. The van der Waals surface area contributed by atoms with Crippen LogP contribution in [0.3, 0.4) is 0 Å². The molecular weight excluding hydrogens is 497 g/mol. The van der Waals surface area contributed by atoms with Gasteiger partial charge < -0.3 is 20.2 Å². The Morgan fingerprint density at radius 3 is 2.64 bits per heavy atom. The summed E-state index contributed by atoms with van der Waals surface area (Å²) in [7, 11) is 0. The number of aromatic nitrogens is 2. The monoisotopic (exact) mass is 531 g/mol. The smallest absolute Gasteiger partial charge is 0.309 e. The first-order chi connectivity index (χ1) is 17.1. The van der Waals surface area contributed by atoms with Crippen LogP contribution < -0.4 is 10.2 Å². The summed E-state index contributed by atoms with van der Waals surface area (Å²) in [5.74, 6) is 1.91. The fourth-order valence-electron chi connectivity index (χ4n) is 6.02. The number of benzene rings is 1. The van der Waals surface area contributed by atoms with Crippen molar-refractivity contribution < 1.29 is 9.90 Å². The number of carboxylic acids is 1. The Morgan fingerprint density at radius 2 is 1.94 bits per heavy atom. The van der Waals surface area contributed by atoms with E-state index >= 15 is 0 Å². The highest BCUT2D eigenvalue weighted by Crippen LogP contribution is 2.45. The second-order valence-electron chi connectivity index (χ2n) is 11.2. The van der Waals surface area contributed by atoms with Gasteiger partial charge in [0, 0.05) is 30.7 Å². The zero-order valence-electron chi connectivity index (χ0n) is 21.2. The van der Waals surface area contributed by atoms with Gasteiger partial charge in [0.1, 0.15) is 5.02 Å². The Bertz CT molecular complexity index is 1130. The van der Waals surface area contributed by atoms with Crippen LogP contribution in [0.5, 0.6) is 0 Å². The van der Waals surface area contributed by atoms with E-state index in [0.29, 0.717) is 34.7 Å². The van der Waals surface area contributed by atoms with E-state index in [4.69, 9.17) is 28.2 Å². The highest BCUT2D eigenvalue weighted by molar-refractivity contribution is 6.33. The van der Waals surface area contributed by atoms with Crippen molar-refractivity contribution in [2.75, 3.05) is 36.4 Å². The molecule has 1 aromatic carbocycles. The number of hydrogen-bond donors (Lipinski definition) is 2. The molecular formula is C27H35Cl2N5O2. The lowest BCUT2D eigenvalue weighted by Gasteiger charge is -2.52. The molecule has 2 aromatic rings. The number of nitrogens with one attached hydrogen (secondary N) is 1.